The molecule has 23 heavy (non-hydrogen) atoms. The molecule has 0 radical (unpaired) electrons. The van der Waals surface area contributed by atoms with Crippen LogP contribution in [0.3, 0.4) is 0 Å². The molecule has 0 aromatic heterocycles. The van der Waals surface area contributed by atoms with Crippen LogP contribution >= 0.6 is 0 Å². The van der Waals surface area contributed by atoms with E-state index in [0.29, 0.717) is 0 Å². The third kappa shape index (κ3) is 7.34. The molecule has 3 heteroatoms. The Bertz CT molecular complexity index is 458. The molecule has 0 saturated heterocycles. The molecule has 0 fully saturated rings. The van der Waals surface area contributed by atoms with E-state index in [9.17, 15) is 4.79 Å². The van der Waals surface area contributed by atoms with Crippen molar-refractivity contribution in [2.24, 2.45) is 0 Å². The monoisotopic (exact) mass is 334 g/mol. The van der Waals surface area contributed by atoms with Gasteiger partial charge in [-0.2, -0.15) is 0 Å². The topological polar surface area (TPSA) is 26.3 Å². The smallest absolute Gasteiger partial charge is 0.250 e. The Hall–Kier alpha value is -1.09. The van der Waals surface area contributed by atoms with Gasteiger partial charge in [-0.1, -0.05) is 52.2 Å². The molecule has 0 unspecified atom stereocenters. The highest BCUT2D eigenvalue weighted by Crippen LogP contribution is 2.37. The van der Waals surface area contributed by atoms with Gasteiger partial charge in [-0.15, -0.1) is 0 Å². The number of aldehydes is 1. The van der Waals surface area contributed by atoms with Crippen LogP contribution in [-0.4, -0.2) is 14.6 Å². The Morgan fingerprint density at radius 1 is 0.957 bits per heavy atom. The summed E-state index contributed by atoms with van der Waals surface area (Å²) in [6.45, 7) is 11.4. The molecule has 2 nitrogen and oxygen atoms in total. The minimum absolute atomic E-state index is 0.232. The van der Waals surface area contributed by atoms with E-state index >= 15 is 0 Å². The van der Waals surface area contributed by atoms with Crippen LogP contribution in [0, 0.1) is 0 Å². The van der Waals surface area contributed by atoms with Crippen molar-refractivity contribution in [3.63, 3.8) is 0 Å². The van der Waals surface area contributed by atoms with E-state index in [1.165, 1.54) is 31.2 Å². The van der Waals surface area contributed by atoms with Crippen LogP contribution in [0.4, 0.5) is 0 Å². The molecule has 0 atom stereocenters. The van der Waals surface area contributed by atoms with Crippen LogP contribution in [0.2, 0.25) is 18.1 Å². The van der Waals surface area contributed by atoms with Crippen LogP contribution in [0.25, 0.3) is 0 Å². The number of hydrogen-bond donors (Lipinski definition) is 0. The summed E-state index contributed by atoms with van der Waals surface area (Å²) in [7, 11) is -1.74. The van der Waals surface area contributed by atoms with Gasteiger partial charge in [0.2, 0.25) is 8.32 Å². The number of benzene rings is 1. The van der Waals surface area contributed by atoms with Crippen molar-refractivity contribution < 1.29 is 9.22 Å². The fourth-order valence-corrected chi connectivity index (χ4v) is 3.29. The maximum Gasteiger partial charge on any atom is 0.250 e. The average molecular weight is 335 g/mol. The molecule has 0 aliphatic heterocycles. The molecule has 0 N–H and O–H groups in total. The van der Waals surface area contributed by atoms with Gasteiger partial charge < -0.3 is 9.22 Å². The SMILES string of the molecule is CC(C)(C)[Si](C)(C)Oc1ccc(CCCCCCCC=O)cc1. The molecule has 0 spiro atoms. The highest BCUT2D eigenvalue weighted by atomic mass is 28.4. The van der Waals surface area contributed by atoms with Crippen molar-refractivity contribution in [1.82, 2.24) is 0 Å². The number of carbonyl (C=O) groups is 1. The lowest BCUT2D eigenvalue weighted by Gasteiger charge is -2.36. The zero-order valence-corrected chi connectivity index (χ0v) is 16.7. The molecule has 1 rings (SSSR count). The summed E-state index contributed by atoms with van der Waals surface area (Å²) in [5.41, 5.74) is 1.39. The Morgan fingerprint density at radius 3 is 2.09 bits per heavy atom. The predicted octanol–water partition coefficient (Wildman–Crippen LogP) is 6.15. The quantitative estimate of drug-likeness (QED) is 0.291. The van der Waals surface area contributed by atoms with Crippen molar-refractivity contribution in [3.8, 4) is 5.75 Å². The Labute approximate surface area is 143 Å². The summed E-state index contributed by atoms with van der Waals surface area (Å²) >= 11 is 0. The summed E-state index contributed by atoms with van der Waals surface area (Å²) in [5, 5.41) is 0.232. The molecular formula is C20H34O2Si. The molecule has 0 aliphatic carbocycles. The summed E-state index contributed by atoms with van der Waals surface area (Å²) in [4.78, 5) is 10.2. The Morgan fingerprint density at radius 2 is 1.52 bits per heavy atom. The maximum absolute atomic E-state index is 10.2. The Kier molecular flexibility index (Phi) is 8.04. The lowest BCUT2D eigenvalue weighted by atomic mass is 10.0. The first-order valence-corrected chi connectivity index (χ1v) is 11.9. The third-order valence-electron chi connectivity index (χ3n) is 4.89. The van der Waals surface area contributed by atoms with E-state index in [0.717, 1.165) is 31.3 Å². The molecule has 0 saturated carbocycles. The predicted molar refractivity (Wildman–Crippen MR) is 102 cm³/mol. The number of rotatable bonds is 10. The molecule has 130 valence electrons. The minimum atomic E-state index is -1.74. The zero-order valence-electron chi connectivity index (χ0n) is 15.7. The van der Waals surface area contributed by atoms with Gasteiger partial charge >= 0.3 is 0 Å². The lowest BCUT2D eigenvalue weighted by Crippen LogP contribution is -2.43. The molecule has 1 aromatic carbocycles. The van der Waals surface area contributed by atoms with Gasteiger partial charge in [0.05, 0.1) is 0 Å². The second kappa shape index (κ2) is 9.26. The first kappa shape index (κ1) is 20.0. The standard InChI is InChI=1S/C20H34O2Si/c1-20(2,3)23(4,5)22-19-15-13-18(14-16-19)12-10-8-6-7-9-11-17-21/h13-17H,6-12H2,1-5H3. The van der Waals surface area contributed by atoms with Gasteiger partial charge in [0.1, 0.15) is 12.0 Å². The first-order valence-electron chi connectivity index (χ1n) is 8.98. The van der Waals surface area contributed by atoms with E-state index in [4.69, 9.17) is 4.43 Å². The fraction of sp³-hybridized carbons (Fsp3) is 0.650. The highest BCUT2D eigenvalue weighted by molar-refractivity contribution is 6.74. The highest BCUT2D eigenvalue weighted by Gasteiger charge is 2.38. The normalized spacial score (nSPS) is 12.2. The van der Waals surface area contributed by atoms with Crippen molar-refractivity contribution in [2.45, 2.75) is 83.8 Å². The van der Waals surface area contributed by atoms with Gasteiger partial charge in [0.25, 0.3) is 0 Å². The molecular weight excluding hydrogens is 300 g/mol. The zero-order chi connectivity index (χ0) is 17.3. The van der Waals surface area contributed by atoms with Gasteiger partial charge in [0, 0.05) is 6.42 Å². The lowest BCUT2D eigenvalue weighted by molar-refractivity contribution is -0.107. The van der Waals surface area contributed by atoms with Crippen LogP contribution in [0.15, 0.2) is 24.3 Å². The summed E-state index contributed by atoms with van der Waals surface area (Å²) in [6, 6.07) is 8.66. The van der Waals surface area contributed by atoms with Gasteiger partial charge in [0.15, 0.2) is 0 Å². The number of aryl methyl sites for hydroxylation is 1. The van der Waals surface area contributed by atoms with E-state index < -0.39 is 8.32 Å². The Balaban J connectivity index is 2.35. The minimum Gasteiger partial charge on any atom is -0.544 e. The van der Waals surface area contributed by atoms with E-state index in [-0.39, 0.29) is 5.04 Å². The van der Waals surface area contributed by atoms with Crippen LogP contribution in [0.5, 0.6) is 5.75 Å². The van der Waals surface area contributed by atoms with Crippen molar-refractivity contribution in [2.75, 3.05) is 0 Å². The van der Waals surface area contributed by atoms with E-state index in [2.05, 4.69) is 58.1 Å². The fourth-order valence-electron chi connectivity index (χ4n) is 2.26. The van der Waals surface area contributed by atoms with Crippen LogP contribution in [-0.2, 0) is 11.2 Å². The molecule has 1 aromatic rings. The summed E-state index contributed by atoms with van der Waals surface area (Å²) < 4.78 is 6.31. The first-order chi connectivity index (χ1) is 10.8. The second-order valence-electron chi connectivity index (χ2n) is 7.98. The van der Waals surface area contributed by atoms with Crippen LogP contribution < -0.4 is 4.43 Å². The van der Waals surface area contributed by atoms with Crippen LogP contribution in [0.1, 0.15) is 64.9 Å². The largest absolute Gasteiger partial charge is 0.544 e. The maximum atomic E-state index is 10.2. The van der Waals surface area contributed by atoms with Gasteiger partial charge in [-0.05, 0) is 55.1 Å². The number of unbranched alkanes of at least 4 members (excludes halogenated alkanes) is 5. The van der Waals surface area contributed by atoms with Gasteiger partial charge in [-0.25, -0.2) is 0 Å². The van der Waals surface area contributed by atoms with Crippen molar-refractivity contribution in [1.29, 1.82) is 0 Å². The second-order valence-corrected chi connectivity index (χ2v) is 12.7. The average Bonchev–Trinajstić information content (AvgIpc) is 2.46. The van der Waals surface area contributed by atoms with Crippen molar-refractivity contribution >= 4 is 14.6 Å². The molecule has 0 amide bonds. The molecule has 0 heterocycles. The summed E-state index contributed by atoms with van der Waals surface area (Å²) in [6.07, 6.45) is 8.81. The third-order valence-corrected chi connectivity index (χ3v) is 9.25. The molecule has 0 bridgehead atoms. The number of hydrogen-bond acceptors (Lipinski definition) is 2. The van der Waals surface area contributed by atoms with Crippen molar-refractivity contribution in [3.05, 3.63) is 29.8 Å². The van der Waals surface area contributed by atoms with E-state index in [1.54, 1.807) is 0 Å². The van der Waals surface area contributed by atoms with Gasteiger partial charge in [-0.3, -0.25) is 0 Å². The number of carbonyl (C=O) groups excluding carboxylic acids is 1. The summed E-state index contributed by atoms with van der Waals surface area (Å²) in [5.74, 6) is 1.01. The molecule has 0 aliphatic rings. The van der Waals surface area contributed by atoms with E-state index in [1.807, 2.05) is 0 Å².